The van der Waals surface area contributed by atoms with Crippen LogP contribution >= 0.6 is 0 Å². The van der Waals surface area contributed by atoms with E-state index in [0.29, 0.717) is 6.54 Å². The molecule has 3 aromatic carbocycles. The maximum absolute atomic E-state index is 12.9. The first-order chi connectivity index (χ1) is 17.6. The molecule has 6 nitrogen and oxygen atoms in total. The van der Waals surface area contributed by atoms with Gasteiger partial charge in [0, 0.05) is 36.7 Å². The minimum atomic E-state index is -0.286. The van der Waals surface area contributed by atoms with Gasteiger partial charge in [-0.2, -0.15) is 0 Å². The largest absolute Gasteiger partial charge is 0.497 e. The summed E-state index contributed by atoms with van der Waals surface area (Å²) in [5.74, 6) is 0.423. The topological polar surface area (TPSA) is 75.4 Å². The first-order valence-electron chi connectivity index (χ1n) is 12.1. The highest BCUT2D eigenvalue weighted by molar-refractivity contribution is 5.84. The Labute approximate surface area is 210 Å². The lowest BCUT2D eigenvalue weighted by molar-refractivity contribution is -0.126. The highest BCUT2D eigenvalue weighted by Gasteiger charge is 2.06. The van der Waals surface area contributed by atoms with E-state index in [9.17, 15) is 9.18 Å². The number of rotatable bonds is 13. The molecule has 0 bridgehead atoms. The van der Waals surface area contributed by atoms with E-state index in [-0.39, 0.29) is 24.9 Å². The number of carbonyl (C=O) groups is 1. The van der Waals surface area contributed by atoms with Crippen LogP contribution in [-0.4, -0.2) is 31.2 Å². The SMILES string of the molecule is COc1ccc2[nH]cc(CNCc3ccc(CCCNC(=O)COCc4ccc(F)cc4)cc3)c2c1. The maximum atomic E-state index is 12.9. The molecule has 4 aromatic rings. The van der Waals surface area contributed by atoms with Crippen molar-refractivity contribution in [1.29, 1.82) is 0 Å². The number of amides is 1. The Bertz CT molecular complexity index is 1250. The van der Waals surface area contributed by atoms with Gasteiger partial charge in [0.05, 0.1) is 13.7 Å². The molecule has 1 amide bonds. The van der Waals surface area contributed by atoms with E-state index in [2.05, 4.69) is 45.9 Å². The molecular weight excluding hydrogens is 457 g/mol. The lowest BCUT2D eigenvalue weighted by Crippen LogP contribution is -2.28. The number of hydrogen-bond acceptors (Lipinski definition) is 4. The average molecular weight is 490 g/mol. The van der Waals surface area contributed by atoms with Gasteiger partial charge in [0.1, 0.15) is 18.2 Å². The summed E-state index contributed by atoms with van der Waals surface area (Å²) in [6.45, 7) is 2.42. The van der Waals surface area contributed by atoms with Crippen LogP contribution < -0.4 is 15.4 Å². The molecule has 0 atom stereocenters. The number of fused-ring (bicyclic) bond motifs is 1. The highest BCUT2D eigenvalue weighted by Crippen LogP contribution is 2.23. The Morgan fingerprint density at radius 1 is 0.944 bits per heavy atom. The quantitative estimate of drug-likeness (QED) is 0.234. The van der Waals surface area contributed by atoms with Gasteiger partial charge in [-0.05, 0) is 65.4 Å². The van der Waals surface area contributed by atoms with Gasteiger partial charge in [-0.1, -0.05) is 36.4 Å². The molecule has 0 fully saturated rings. The normalized spacial score (nSPS) is 11.1. The summed E-state index contributed by atoms with van der Waals surface area (Å²) in [4.78, 5) is 15.2. The summed E-state index contributed by atoms with van der Waals surface area (Å²) in [5, 5.41) is 7.56. The third-order valence-electron chi connectivity index (χ3n) is 6.02. The van der Waals surface area contributed by atoms with Gasteiger partial charge in [0.2, 0.25) is 5.91 Å². The van der Waals surface area contributed by atoms with Gasteiger partial charge < -0.3 is 25.1 Å². The van der Waals surface area contributed by atoms with Gasteiger partial charge in [-0.25, -0.2) is 4.39 Å². The number of ether oxygens (including phenoxy) is 2. The van der Waals surface area contributed by atoms with E-state index in [1.54, 1.807) is 19.2 Å². The van der Waals surface area contributed by atoms with Crippen molar-refractivity contribution in [2.75, 3.05) is 20.3 Å². The number of aryl methyl sites for hydroxylation is 1. The lowest BCUT2D eigenvalue weighted by Gasteiger charge is -2.08. The maximum Gasteiger partial charge on any atom is 0.246 e. The number of aromatic amines is 1. The minimum Gasteiger partial charge on any atom is -0.497 e. The van der Waals surface area contributed by atoms with E-state index in [4.69, 9.17) is 9.47 Å². The van der Waals surface area contributed by atoms with E-state index in [1.807, 2.05) is 18.3 Å². The Balaban J connectivity index is 1.11. The fraction of sp³-hybridized carbons (Fsp3) is 0.276. The Hall–Kier alpha value is -3.68. The molecule has 7 heteroatoms. The van der Waals surface area contributed by atoms with Gasteiger partial charge >= 0.3 is 0 Å². The standard InChI is InChI=1S/C29H32FN3O3/c1-35-26-12-13-28-27(15-26)24(18-33-28)17-31-16-22-6-4-21(5-7-22)3-2-14-32-29(34)20-36-19-23-8-10-25(30)11-9-23/h4-13,15,18,31,33H,2-3,14,16-17,19-20H2,1H3,(H,32,34). The predicted molar refractivity (Wildman–Crippen MR) is 139 cm³/mol. The van der Waals surface area contributed by atoms with E-state index in [1.165, 1.54) is 34.2 Å². The van der Waals surface area contributed by atoms with Crippen LogP contribution in [0.1, 0.15) is 28.7 Å². The van der Waals surface area contributed by atoms with Crippen molar-refractivity contribution in [3.05, 3.63) is 101 Å². The number of halogens is 1. The minimum absolute atomic E-state index is 0.00876. The summed E-state index contributed by atoms with van der Waals surface area (Å²) in [6.07, 6.45) is 3.78. The van der Waals surface area contributed by atoms with E-state index in [0.717, 1.165) is 42.8 Å². The summed E-state index contributed by atoms with van der Waals surface area (Å²) in [6, 6.07) is 20.7. The fourth-order valence-electron chi connectivity index (χ4n) is 4.01. The van der Waals surface area contributed by atoms with Crippen LogP contribution in [0.2, 0.25) is 0 Å². The molecule has 1 aromatic heterocycles. The van der Waals surface area contributed by atoms with Crippen molar-refractivity contribution in [2.24, 2.45) is 0 Å². The number of benzene rings is 3. The average Bonchev–Trinajstić information content (AvgIpc) is 3.30. The molecular formula is C29H32FN3O3. The van der Waals surface area contributed by atoms with Crippen molar-refractivity contribution in [3.63, 3.8) is 0 Å². The van der Waals surface area contributed by atoms with Crippen molar-refractivity contribution in [1.82, 2.24) is 15.6 Å². The third-order valence-corrected chi connectivity index (χ3v) is 6.02. The zero-order valence-corrected chi connectivity index (χ0v) is 20.5. The first kappa shape index (κ1) is 25.4. The Morgan fingerprint density at radius 2 is 1.69 bits per heavy atom. The molecule has 36 heavy (non-hydrogen) atoms. The zero-order chi connectivity index (χ0) is 25.2. The second-order valence-electron chi connectivity index (χ2n) is 8.72. The smallest absolute Gasteiger partial charge is 0.246 e. The molecule has 0 spiro atoms. The van der Waals surface area contributed by atoms with Crippen LogP contribution in [0, 0.1) is 5.82 Å². The van der Waals surface area contributed by atoms with Gasteiger partial charge in [-0.15, -0.1) is 0 Å². The second kappa shape index (κ2) is 12.9. The van der Waals surface area contributed by atoms with Crippen LogP contribution in [0.5, 0.6) is 5.75 Å². The monoisotopic (exact) mass is 489 g/mol. The molecule has 0 saturated carbocycles. The molecule has 0 aliphatic heterocycles. The molecule has 0 aliphatic rings. The van der Waals surface area contributed by atoms with Crippen molar-refractivity contribution >= 4 is 16.8 Å². The van der Waals surface area contributed by atoms with Crippen LogP contribution in [0.3, 0.4) is 0 Å². The summed E-state index contributed by atoms with van der Waals surface area (Å²) >= 11 is 0. The molecule has 3 N–H and O–H groups in total. The number of hydrogen-bond donors (Lipinski definition) is 3. The first-order valence-corrected chi connectivity index (χ1v) is 12.1. The van der Waals surface area contributed by atoms with Crippen LogP contribution in [-0.2, 0) is 35.6 Å². The molecule has 0 unspecified atom stereocenters. The molecule has 0 aliphatic carbocycles. The number of aromatic nitrogens is 1. The van der Waals surface area contributed by atoms with E-state index < -0.39 is 0 Å². The van der Waals surface area contributed by atoms with Crippen LogP contribution in [0.25, 0.3) is 10.9 Å². The molecule has 0 radical (unpaired) electrons. The number of methoxy groups -OCH3 is 1. The van der Waals surface area contributed by atoms with Crippen LogP contribution in [0.15, 0.2) is 72.9 Å². The summed E-state index contributed by atoms with van der Waals surface area (Å²) in [7, 11) is 1.68. The number of H-pyrrole nitrogens is 1. The van der Waals surface area contributed by atoms with Crippen LogP contribution in [0.4, 0.5) is 4.39 Å². The third kappa shape index (κ3) is 7.41. The molecule has 0 saturated heterocycles. The summed E-state index contributed by atoms with van der Waals surface area (Å²) < 4.78 is 23.6. The predicted octanol–water partition coefficient (Wildman–Crippen LogP) is 4.87. The van der Waals surface area contributed by atoms with E-state index >= 15 is 0 Å². The van der Waals surface area contributed by atoms with Gasteiger partial charge in [0.25, 0.3) is 0 Å². The van der Waals surface area contributed by atoms with Crippen molar-refractivity contribution in [3.8, 4) is 5.75 Å². The number of nitrogens with one attached hydrogen (secondary N) is 3. The Kier molecular flexibility index (Phi) is 9.08. The van der Waals surface area contributed by atoms with Crippen molar-refractivity contribution < 1.29 is 18.7 Å². The zero-order valence-electron chi connectivity index (χ0n) is 20.5. The Morgan fingerprint density at radius 3 is 2.47 bits per heavy atom. The lowest BCUT2D eigenvalue weighted by atomic mass is 10.1. The van der Waals surface area contributed by atoms with Crippen molar-refractivity contribution in [2.45, 2.75) is 32.5 Å². The highest BCUT2D eigenvalue weighted by atomic mass is 19.1. The molecule has 188 valence electrons. The van der Waals surface area contributed by atoms with Gasteiger partial charge in [0.15, 0.2) is 0 Å². The number of carbonyl (C=O) groups excluding carboxylic acids is 1. The summed E-state index contributed by atoms with van der Waals surface area (Å²) in [5.41, 5.74) is 5.61. The molecule has 1 heterocycles. The van der Waals surface area contributed by atoms with Gasteiger partial charge in [-0.3, -0.25) is 4.79 Å². The second-order valence-corrected chi connectivity index (χ2v) is 8.72. The fourth-order valence-corrected chi connectivity index (χ4v) is 4.01. The molecule has 4 rings (SSSR count).